The lowest BCUT2D eigenvalue weighted by Crippen LogP contribution is -2.29. The summed E-state index contributed by atoms with van der Waals surface area (Å²) in [6.07, 6.45) is 3.87. The average Bonchev–Trinajstić information content (AvgIpc) is 2.61. The van der Waals surface area contributed by atoms with Crippen molar-refractivity contribution >= 4 is 45.0 Å². The number of hydrogen-bond acceptors (Lipinski definition) is 3. The molecule has 126 valence electrons. The molecule has 2 aromatic carbocycles. The predicted molar refractivity (Wildman–Crippen MR) is 106 cm³/mol. The number of piperidine rings is 1. The van der Waals surface area contributed by atoms with E-state index >= 15 is 0 Å². The Bertz CT molecular complexity index is 684. The van der Waals surface area contributed by atoms with Crippen LogP contribution in [0.4, 0.5) is 11.4 Å². The second kappa shape index (κ2) is 8.58. The second-order valence-corrected chi connectivity index (χ2v) is 7.85. The smallest absolute Gasteiger partial charge is 0.234 e. The van der Waals surface area contributed by atoms with Gasteiger partial charge in [-0.25, -0.2) is 0 Å². The van der Waals surface area contributed by atoms with Crippen molar-refractivity contribution in [3.05, 3.63) is 53.0 Å². The lowest BCUT2D eigenvalue weighted by molar-refractivity contribution is -0.113. The van der Waals surface area contributed by atoms with Gasteiger partial charge in [0, 0.05) is 33.8 Å². The van der Waals surface area contributed by atoms with E-state index in [9.17, 15) is 4.79 Å². The molecule has 1 heterocycles. The fourth-order valence-electron chi connectivity index (χ4n) is 2.81. The van der Waals surface area contributed by atoms with Crippen LogP contribution in [0.3, 0.4) is 0 Å². The molecule has 1 amide bonds. The van der Waals surface area contributed by atoms with Crippen LogP contribution in [0, 0.1) is 0 Å². The Kier molecular flexibility index (Phi) is 6.21. The first kappa shape index (κ1) is 17.4. The van der Waals surface area contributed by atoms with E-state index in [0.29, 0.717) is 5.75 Å². The monoisotopic (exact) mass is 404 g/mol. The molecule has 1 N–H and O–H groups in total. The van der Waals surface area contributed by atoms with Crippen molar-refractivity contribution in [1.82, 2.24) is 0 Å². The summed E-state index contributed by atoms with van der Waals surface area (Å²) in [7, 11) is 0. The van der Waals surface area contributed by atoms with Crippen molar-refractivity contribution in [2.24, 2.45) is 0 Å². The molecular weight excluding hydrogens is 384 g/mol. The average molecular weight is 405 g/mol. The minimum Gasteiger partial charge on any atom is -0.372 e. The van der Waals surface area contributed by atoms with Gasteiger partial charge in [-0.05, 0) is 61.7 Å². The van der Waals surface area contributed by atoms with Gasteiger partial charge in [-0.1, -0.05) is 22.0 Å². The summed E-state index contributed by atoms with van der Waals surface area (Å²) in [6.45, 7) is 2.27. The largest absolute Gasteiger partial charge is 0.372 e. The number of rotatable bonds is 5. The Morgan fingerprint density at radius 3 is 2.54 bits per heavy atom. The molecule has 0 bridgehead atoms. The van der Waals surface area contributed by atoms with Crippen molar-refractivity contribution in [2.45, 2.75) is 24.2 Å². The quantitative estimate of drug-likeness (QED) is 0.697. The van der Waals surface area contributed by atoms with E-state index in [4.69, 9.17) is 0 Å². The van der Waals surface area contributed by atoms with Crippen molar-refractivity contribution in [3.8, 4) is 0 Å². The summed E-state index contributed by atoms with van der Waals surface area (Å²) in [5.41, 5.74) is 2.10. The molecule has 1 aliphatic heterocycles. The highest BCUT2D eigenvalue weighted by atomic mass is 79.9. The van der Waals surface area contributed by atoms with Crippen LogP contribution in [0.15, 0.2) is 57.9 Å². The molecule has 24 heavy (non-hydrogen) atoms. The van der Waals surface area contributed by atoms with E-state index in [1.54, 1.807) is 0 Å². The first-order valence-electron chi connectivity index (χ1n) is 8.24. The Morgan fingerprint density at radius 2 is 1.83 bits per heavy atom. The van der Waals surface area contributed by atoms with E-state index in [-0.39, 0.29) is 5.91 Å². The standard InChI is InChI=1S/C19H21BrN2OS/c20-15-5-4-6-18(13-15)24-14-19(23)21-16-7-9-17(10-8-16)22-11-2-1-3-12-22/h4-10,13H,1-3,11-12,14H2,(H,21,23). The highest BCUT2D eigenvalue weighted by molar-refractivity contribution is 9.10. The normalized spacial score (nSPS) is 14.5. The number of amides is 1. The van der Waals surface area contributed by atoms with Gasteiger partial charge in [0.2, 0.25) is 5.91 Å². The molecule has 2 aromatic rings. The number of anilines is 2. The maximum atomic E-state index is 12.1. The zero-order valence-corrected chi connectivity index (χ0v) is 15.9. The molecular formula is C19H21BrN2OS. The molecule has 1 saturated heterocycles. The molecule has 1 fully saturated rings. The molecule has 0 unspecified atom stereocenters. The zero-order chi connectivity index (χ0) is 16.8. The molecule has 3 nitrogen and oxygen atoms in total. The van der Waals surface area contributed by atoms with Crippen LogP contribution in [0.25, 0.3) is 0 Å². The van der Waals surface area contributed by atoms with Gasteiger partial charge in [0.05, 0.1) is 5.75 Å². The maximum Gasteiger partial charge on any atom is 0.234 e. The van der Waals surface area contributed by atoms with E-state index < -0.39 is 0 Å². The first-order chi connectivity index (χ1) is 11.7. The summed E-state index contributed by atoms with van der Waals surface area (Å²) >= 11 is 4.98. The van der Waals surface area contributed by atoms with Gasteiger partial charge >= 0.3 is 0 Å². The number of halogens is 1. The molecule has 5 heteroatoms. The summed E-state index contributed by atoms with van der Waals surface area (Å²) in [5, 5.41) is 2.97. The van der Waals surface area contributed by atoms with Gasteiger partial charge in [0.15, 0.2) is 0 Å². The third-order valence-corrected chi connectivity index (χ3v) is 5.53. The topological polar surface area (TPSA) is 32.3 Å². The zero-order valence-electron chi connectivity index (χ0n) is 13.5. The van der Waals surface area contributed by atoms with Crippen LogP contribution in [0.1, 0.15) is 19.3 Å². The molecule has 0 radical (unpaired) electrons. The second-order valence-electron chi connectivity index (χ2n) is 5.89. The van der Waals surface area contributed by atoms with Gasteiger partial charge in [0.1, 0.15) is 0 Å². The summed E-state index contributed by atoms with van der Waals surface area (Å²) < 4.78 is 1.03. The number of thioether (sulfide) groups is 1. The Morgan fingerprint density at radius 1 is 1.08 bits per heavy atom. The fraction of sp³-hybridized carbons (Fsp3) is 0.316. The summed E-state index contributed by atoms with van der Waals surface area (Å²) in [6, 6.07) is 16.2. The molecule has 3 rings (SSSR count). The summed E-state index contributed by atoms with van der Waals surface area (Å²) in [4.78, 5) is 15.6. The highest BCUT2D eigenvalue weighted by Crippen LogP contribution is 2.23. The minimum atomic E-state index is 0.0192. The van der Waals surface area contributed by atoms with Crippen LogP contribution in [0.5, 0.6) is 0 Å². The molecule has 0 saturated carbocycles. The molecule has 0 aliphatic carbocycles. The Hall–Kier alpha value is -1.46. The molecule has 0 atom stereocenters. The number of nitrogens with one attached hydrogen (secondary N) is 1. The Balaban J connectivity index is 1.50. The molecule has 1 aliphatic rings. The van der Waals surface area contributed by atoms with Crippen molar-refractivity contribution in [2.75, 3.05) is 29.1 Å². The van der Waals surface area contributed by atoms with Crippen molar-refractivity contribution in [3.63, 3.8) is 0 Å². The third-order valence-electron chi connectivity index (χ3n) is 4.04. The van der Waals surface area contributed by atoms with E-state index in [1.165, 1.54) is 36.7 Å². The Labute approximate surface area is 155 Å². The lowest BCUT2D eigenvalue weighted by Gasteiger charge is -2.28. The molecule has 0 aromatic heterocycles. The maximum absolute atomic E-state index is 12.1. The number of hydrogen-bond donors (Lipinski definition) is 1. The van der Waals surface area contributed by atoms with Gasteiger partial charge in [-0.15, -0.1) is 11.8 Å². The number of nitrogens with zero attached hydrogens (tertiary/aromatic N) is 1. The fourth-order valence-corrected chi connectivity index (χ4v) is 4.12. The van der Waals surface area contributed by atoms with Crippen LogP contribution in [0.2, 0.25) is 0 Å². The number of benzene rings is 2. The predicted octanol–water partition coefficient (Wildman–Crippen LogP) is 5.17. The lowest BCUT2D eigenvalue weighted by atomic mass is 10.1. The van der Waals surface area contributed by atoms with Crippen LogP contribution < -0.4 is 10.2 Å². The summed E-state index contributed by atoms with van der Waals surface area (Å²) in [5.74, 6) is 0.426. The number of carbonyl (C=O) groups is 1. The molecule has 0 spiro atoms. The first-order valence-corrected chi connectivity index (χ1v) is 10.0. The van der Waals surface area contributed by atoms with E-state index in [0.717, 1.165) is 28.1 Å². The highest BCUT2D eigenvalue weighted by Gasteiger charge is 2.11. The van der Waals surface area contributed by atoms with Gasteiger partial charge in [-0.3, -0.25) is 4.79 Å². The minimum absolute atomic E-state index is 0.0192. The van der Waals surface area contributed by atoms with Gasteiger partial charge in [0.25, 0.3) is 0 Å². The van der Waals surface area contributed by atoms with Crippen molar-refractivity contribution < 1.29 is 4.79 Å². The van der Waals surface area contributed by atoms with Gasteiger partial charge in [-0.2, -0.15) is 0 Å². The van der Waals surface area contributed by atoms with E-state index in [1.807, 2.05) is 36.4 Å². The SMILES string of the molecule is O=C(CSc1cccc(Br)c1)Nc1ccc(N2CCCCC2)cc1. The van der Waals surface area contributed by atoms with Crippen LogP contribution in [-0.4, -0.2) is 24.7 Å². The van der Waals surface area contributed by atoms with Crippen molar-refractivity contribution in [1.29, 1.82) is 0 Å². The van der Waals surface area contributed by atoms with Gasteiger partial charge < -0.3 is 10.2 Å². The van der Waals surface area contributed by atoms with Crippen LogP contribution in [-0.2, 0) is 4.79 Å². The third kappa shape index (κ3) is 5.02. The number of carbonyl (C=O) groups excluding carboxylic acids is 1. The van der Waals surface area contributed by atoms with E-state index in [2.05, 4.69) is 38.3 Å². The van der Waals surface area contributed by atoms with Crippen LogP contribution >= 0.6 is 27.7 Å².